The zero-order valence-electron chi connectivity index (χ0n) is 8.56. The van der Waals surface area contributed by atoms with E-state index in [9.17, 15) is 4.39 Å². The van der Waals surface area contributed by atoms with Crippen LogP contribution in [0.5, 0.6) is 0 Å². The van der Waals surface area contributed by atoms with Crippen molar-refractivity contribution < 1.29 is 4.39 Å². The van der Waals surface area contributed by atoms with E-state index in [0.717, 1.165) is 15.5 Å². The van der Waals surface area contributed by atoms with Gasteiger partial charge < -0.3 is 5.73 Å². The van der Waals surface area contributed by atoms with Crippen LogP contribution in [0.15, 0.2) is 52.4 Å². The van der Waals surface area contributed by atoms with Crippen molar-refractivity contribution in [3.8, 4) is 0 Å². The maximum absolute atomic E-state index is 12.7. The summed E-state index contributed by atoms with van der Waals surface area (Å²) in [7, 11) is 0. The Morgan fingerprint density at radius 1 is 1.19 bits per heavy atom. The zero-order valence-corrected chi connectivity index (χ0v) is 9.38. The van der Waals surface area contributed by atoms with Crippen molar-refractivity contribution in [2.75, 3.05) is 0 Å². The zero-order chi connectivity index (χ0) is 11.4. The molecule has 2 aromatic rings. The highest BCUT2D eigenvalue weighted by molar-refractivity contribution is 7.99. The van der Waals surface area contributed by atoms with Crippen molar-refractivity contribution in [3.63, 3.8) is 0 Å². The van der Waals surface area contributed by atoms with Gasteiger partial charge in [0.05, 0.1) is 5.69 Å². The Morgan fingerprint density at radius 2 is 1.94 bits per heavy atom. The fraction of sp³-hybridized carbons (Fsp3) is 0.0833. The van der Waals surface area contributed by atoms with Gasteiger partial charge in [-0.05, 0) is 36.4 Å². The Hall–Kier alpha value is -1.39. The summed E-state index contributed by atoms with van der Waals surface area (Å²) in [6.07, 6.45) is 1.72. The highest BCUT2D eigenvalue weighted by Gasteiger charge is 2.03. The van der Waals surface area contributed by atoms with Crippen LogP contribution < -0.4 is 5.73 Å². The smallest absolute Gasteiger partial charge is 0.123 e. The molecule has 16 heavy (non-hydrogen) atoms. The van der Waals surface area contributed by atoms with E-state index < -0.39 is 0 Å². The SMILES string of the molecule is NCc1ncccc1Sc1ccc(F)cc1. The number of halogens is 1. The molecule has 0 aliphatic carbocycles. The van der Waals surface area contributed by atoms with E-state index >= 15 is 0 Å². The fourth-order valence-corrected chi connectivity index (χ4v) is 2.23. The minimum absolute atomic E-state index is 0.227. The Bertz CT molecular complexity index is 471. The number of nitrogens with two attached hydrogens (primary N) is 1. The van der Waals surface area contributed by atoms with Crippen molar-refractivity contribution in [2.45, 2.75) is 16.3 Å². The molecule has 0 atom stereocenters. The van der Waals surface area contributed by atoms with Crippen LogP contribution in [0.4, 0.5) is 4.39 Å². The van der Waals surface area contributed by atoms with E-state index in [1.807, 2.05) is 12.1 Å². The van der Waals surface area contributed by atoms with Crippen LogP contribution in [0.25, 0.3) is 0 Å². The molecule has 1 aromatic carbocycles. The molecule has 0 spiro atoms. The van der Waals surface area contributed by atoms with Gasteiger partial charge in [-0.15, -0.1) is 0 Å². The Labute approximate surface area is 97.7 Å². The summed E-state index contributed by atoms with van der Waals surface area (Å²) in [4.78, 5) is 6.18. The molecule has 0 aliphatic rings. The summed E-state index contributed by atoms with van der Waals surface area (Å²) in [5.41, 5.74) is 6.45. The lowest BCUT2D eigenvalue weighted by molar-refractivity contribution is 0.626. The molecule has 1 heterocycles. The molecule has 2 rings (SSSR count). The number of benzene rings is 1. The van der Waals surface area contributed by atoms with E-state index in [0.29, 0.717) is 6.54 Å². The minimum Gasteiger partial charge on any atom is -0.325 e. The second-order valence-corrected chi connectivity index (χ2v) is 4.32. The largest absolute Gasteiger partial charge is 0.325 e. The van der Waals surface area contributed by atoms with Crippen LogP contribution in [0.2, 0.25) is 0 Å². The lowest BCUT2D eigenvalue weighted by atomic mass is 10.3. The quantitative estimate of drug-likeness (QED) is 0.887. The Kier molecular flexibility index (Phi) is 3.54. The number of hydrogen-bond donors (Lipinski definition) is 1. The van der Waals surface area contributed by atoms with Crippen LogP contribution in [0, 0.1) is 5.82 Å². The molecule has 4 heteroatoms. The predicted octanol–water partition coefficient (Wildman–Crippen LogP) is 2.83. The Morgan fingerprint density at radius 3 is 2.62 bits per heavy atom. The third-order valence-corrected chi connectivity index (χ3v) is 3.18. The second-order valence-electron chi connectivity index (χ2n) is 3.21. The van der Waals surface area contributed by atoms with Crippen molar-refractivity contribution in [3.05, 3.63) is 54.1 Å². The standard InChI is InChI=1S/C12H11FN2S/c13-9-3-5-10(6-4-9)16-12-2-1-7-15-11(12)8-14/h1-7H,8,14H2. The lowest BCUT2D eigenvalue weighted by Gasteiger charge is -2.05. The van der Waals surface area contributed by atoms with Gasteiger partial charge in [0.1, 0.15) is 5.82 Å². The maximum atomic E-state index is 12.7. The molecular weight excluding hydrogens is 223 g/mol. The van der Waals surface area contributed by atoms with Crippen LogP contribution in [0.1, 0.15) is 5.69 Å². The van der Waals surface area contributed by atoms with Crippen LogP contribution in [-0.2, 0) is 6.54 Å². The fourth-order valence-electron chi connectivity index (χ4n) is 1.30. The minimum atomic E-state index is -0.227. The molecule has 0 amide bonds. The molecule has 82 valence electrons. The average molecular weight is 234 g/mol. The first-order chi connectivity index (χ1) is 7.79. The summed E-state index contributed by atoms with van der Waals surface area (Å²) >= 11 is 1.54. The summed E-state index contributed by atoms with van der Waals surface area (Å²) in [5, 5.41) is 0. The molecule has 2 N–H and O–H groups in total. The number of pyridine rings is 1. The molecule has 0 fully saturated rings. The predicted molar refractivity (Wildman–Crippen MR) is 62.7 cm³/mol. The highest BCUT2D eigenvalue weighted by Crippen LogP contribution is 2.29. The van der Waals surface area contributed by atoms with Crippen molar-refractivity contribution in [1.82, 2.24) is 4.98 Å². The van der Waals surface area contributed by atoms with Crippen LogP contribution in [-0.4, -0.2) is 4.98 Å². The topological polar surface area (TPSA) is 38.9 Å². The van der Waals surface area contributed by atoms with E-state index in [2.05, 4.69) is 4.98 Å². The molecular formula is C12H11FN2S. The molecule has 2 nitrogen and oxygen atoms in total. The molecule has 0 aliphatic heterocycles. The summed E-state index contributed by atoms with van der Waals surface area (Å²) in [6, 6.07) is 10.2. The van der Waals surface area contributed by atoms with Gasteiger partial charge in [0.2, 0.25) is 0 Å². The van der Waals surface area contributed by atoms with Gasteiger partial charge in [-0.3, -0.25) is 4.98 Å². The van der Waals surface area contributed by atoms with E-state index in [1.165, 1.54) is 23.9 Å². The van der Waals surface area contributed by atoms with Crippen molar-refractivity contribution in [2.24, 2.45) is 5.73 Å². The van der Waals surface area contributed by atoms with E-state index in [4.69, 9.17) is 5.73 Å². The summed E-state index contributed by atoms with van der Waals surface area (Å²) in [6.45, 7) is 0.407. The monoisotopic (exact) mass is 234 g/mol. The van der Waals surface area contributed by atoms with Crippen LogP contribution in [0.3, 0.4) is 0 Å². The van der Waals surface area contributed by atoms with Crippen molar-refractivity contribution >= 4 is 11.8 Å². The van der Waals surface area contributed by atoms with E-state index in [1.54, 1.807) is 18.3 Å². The van der Waals surface area contributed by atoms with Crippen molar-refractivity contribution in [1.29, 1.82) is 0 Å². The third kappa shape index (κ3) is 2.59. The van der Waals surface area contributed by atoms with Gasteiger partial charge >= 0.3 is 0 Å². The van der Waals surface area contributed by atoms with Gasteiger partial charge in [-0.1, -0.05) is 11.8 Å². The molecule has 1 aromatic heterocycles. The molecule has 0 bridgehead atoms. The van der Waals surface area contributed by atoms with Gasteiger partial charge in [0.15, 0.2) is 0 Å². The maximum Gasteiger partial charge on any atom is 0.123 e. The number of rotatable bonds is 3. The van der Waals surface area contributed by atoms with Gasteiger partial charge in [-0.25, -0.2) is 4.39 Å². The first-order valence-electron chi connectivity index (χ1n) is 4.87. The molecule has 0 saturated carbocycles. The first-order valence-corrected chi connectivity index (χ1v) is 5.68. The lowest BCUT2D eigenvalue weighted by Crippen LogP contribution is -2.00. The van der Waals surface area contributed by atoms with Gasteiger partial charge in [0, 0.05) is 22.5 Å². The van der Waals surface area contributed by atoms with Crippen LogP contribution >= 0.6 is 11.8 Å². The normalized spacial score (nSPS) is 10.4. The summed E-state index contributed by atoms with van der Waals surface area (Å²) in [5.74, 6) is -0.227. The van der Waals surface area contributed by atoms with Gasteiger partial charge in [0.25, 0.3) is 0 Å². The second kappa shape index (κ2) is 5.09. The molecule has 0 radical (unpaired) electrons. The number of hydrogen-bond acceptors (Lipinski definition) is 3. The van der Waals surface area contributed by atoms with Gasteiger partial charge in [-0.2, -0.15) is 0 Å². The highest BCUT2D eigenvalue weighted by atomic mass is 32.2. The molecule has 0 saturated heterocycles. The average Bonchev–Trinajstić information content (AvgIpc) is 2.33. The third-order valence-electron chi connectivity index (χ3n) is 2.08. The first kappa shape index (κ1) is 11.1. The molecule has 0 unspecified atom stereocenters. The summed E-state index contributed by atoms with van der Waals surface area (Å²) < 4.78 is 12.7. The number of nitrogens with zero attached hydrogens (tertiary/aromatic N) is 1. The number of aromatic nitrogens is 1. The Balaban J connectivity index is 2.23. The van der Waals surface area contributed by atoms with E-state index in [-0.39, 0.29) is 5.82 Å².